The number of nitrogens with one attached hydrogen (secondary N) is 1. The standard InChI is InChI=1S/C31H44F3NO2S/c1-29-18-5-3-7-22(29)13-15-25-26-16-14-23(30(26,2)19-17-27(25)29)8-4-6-20-38(37)35-28(36)21-9-11-24(12-10-21)31(32,33)34/h9-12,22-23,25-27H,3-8,13-20H2,1-2H3,(H,35,36). The monoisotopic (exact) mass is 551 g/mol. The van der Waals surface area contributed by atoms with Gasteiger partial charge in [0.25, 0.3) is 5.91 Å². The van der Waals surface area contributed by atoms with Crippen molar-refractivity contribution in [1.29, 1.82) is 0 Å². The number of amides is 1. The number of hydrogen-bond donors (Lipinski definition) is 1. The van der Waals surface area contributed by atoms with Crippen LogP contribution in [0.4, 0.5) is 13.2 Å². The molecule has 0 bridgehead atoms. The molecule has 7 heteroatoms. The van der Waals surface area contributed by atoms with Crippen molar-refractivity contribution in [2.24, 2.45) is 40.4 Å². The highest BCUT2D eigenvalue weighted by Gasteiger charge is 2.59. The summed E-state index contributed by atoms with van der Waals surface area (Å²) in [5.41, 5.74) is 0.301. The largest absolute Gasteiger partial charge is 0.416 e. The van der Waals surface area contributed by atoms with Crippen LogP contribution in [-0.2, 0) is 17.2 Å². The lowest BCUT2D eigenvalue weighted by Gasteiger charge is -2.60. The van der Waals surface area contributed by atoms with Gasteiger partial charge in [-0.25, -0.2) is 4.21 Å². The maximum Gasteiger partial charge on any atom is 0.416 e. The van der Waals surface area contributed by atoms with Crippen LogP contribution in [0.25, 0.3) is 0 Å². The predicted octanol–water partition coefficient (Wildman–Crippen LogP) is 8.32. The lowest BCUT2D eigenvalue weighted by atomic mass is 9.45. The molecule has 4 aliphatic carbocycles. The second-order valence-corrected chi connectivity index (χ2v) is 14.6. The summed E-state index contributed by atoms with van der Waals surface area (Å²) in [6, 6.07) is 4.01. The zero-order valence-corrected chi connectivity index (χ0v) is 23.8. The number of hydrogen-bond acceptors (Lipinski definition) is 2. The van der Waals surface area contributed by atoms with Gasteiger partial charge in [0, 0.05) is 11.3 Å². The van der Waals surface area contributed by atoms with E-state index in [4.69, 9.17) is 0 Å². The second kappa shape index (κ2) is 10.9. The molecule has 5 rings (SSSR count). The number of unbranched alkanes of at least 4 members (excludes halogenated alkanes) is 1. The van der Waals surface area contributed by atoms with E-state index in [0.717, 1.165) is 73.1 Å². The van der Waals surface area contributed by atoms with Crippen LogP contribution in [-0.4, -0.2) is 15.9 Å². The minimum atomic E-state index is -4.44. The fourth-order valence-electron chi connectivity index (χ4n) is 9.53. The van der Waals surface area contributed by atoms with Gasteiger partial charge < -0.3 is 0 Å². The van der Waals surface area contributed by atoms with Crippen molar-refractivity contribution >= 4 is 16.9 Å². The first-order valence-electron chi connectivity index (χ1n) is 14.9. The summed E-state index contributed by atoms with van der Waals surface area (Å²) in [6.45, 7) is 5.21. The number of benzene rings is 1. The highest BCUT2D eigenvalue weighted by atomic mass is 32.2. The van der Waals surface area contributed by atoms with E-state index in [-0.39, 0.29) is 5.56 Å². The van der Waals surface area contributed by atoms with Crippen molar-refractivity contribution in [3.05, 3.63) is 35.4 Å². The molecule has 0 spiro atoms. The molecule has 8 unspecified atom stereocenters. The number of rotatable bonds is 7. The molecular formula is C31H44F3NO2S. The molecule has 0 saturated heterocycles. The molecule has 0 radical (unpaired) electrons. The Hall–Kier alpha value is -1.37. The molecule has 4 aliphatic rings. The summed E-state index contributed by atoms with van der Waals surface area (Å²) in [4.78, 5) is 12.3. The molecule has 212 valence electrons. The smallest absolute Gasteiger partial charge is 0.271 e. The highest BCUT2D eigenvalue weighted by Crippen LogP contribution is 2.67. The Bertz CT molecular complexity index is 1030. The first-order valence-corrected chi connectivity index (χ1v) is 16.2. The van der Waals surface area contributed by atoms with E-state index in [1.807, 2.05) is 0 Å². The van der Waals surface area contributed by atoms with Crippen molar-refractivity contribution in [2.45, 2.75) is 103 Å². The molecule has 3 nitrogen and oxygen atoms in total. The van der Waals surface area contributed by atoms with E-state index < -0.39 is 28.6 Å². The maximum absolute atomic E-state index is 12.7. The lowest BCUT2D eigenvalue weighted by Crippen LogP contribution is -2.52. The van der Waals surface area contributed by atoms with Gasteiger partial charge in [0.2, 0.25) is 0 Å². The summed E-state index contributed by atoms with van der Waals surface area (Å²) in [6.07, 6.45) is 12.6. The van der Waals surface area contributed by atoms with Gasteiger partial charge >= 0.3 is 6.18 Å². The summed E-state index contributed by atoms with van der Waals surface area (Å²) in [5, 5.41) is 0. The van der Waals surface area contributed by atoms with Crippen LogP contribution >= 0.6 is 0 Å². The molecule has 1 aromatic carbocycles. The van der Waals surface area contributed by atoms with Crippen LogP contribution in [0.5, 0.6) is 0 Å². The number of carbonyl (C=O) groups excluding carboxylic acids is 1. The van der Waals surface area contributed by atoms with Gasteiger partial charge in [-0.05, 0) is 129 Å². The van der Waals surface area contributed by atoms with Crippen molar-refractivity contribution in [2.75, 3.05) is 5.75 Å². The van der Waals surface area contributed by atoms with E-state index in [9.17, 15) is 22.2 Å². The number of alkyl halides is 3. The third-order valence-electron chi connectivity index (χ3n) is 11.6. The van der Waals surface area contributed by atoms with Crippen LogP contribution in [0.3, 0.4) is 0 Å². The topological polar surface area (TPSA) is 46.2 Å². The van der Waals surface area contributed by atoms with Gasteiger partial charge in [-0.2, -0.15) is 13.2 Å². The molecule has 0 aromatic heterocycles. The Morgan fingerprint density at radius 3 is 2.39 bits per heavy atom. The quantitative estimate of drug-likeness (QED) is 0.346. The highest BCUT2D eigenvalue weighted by molar-refractivity contribution is 7.83. The molecule has 1 amide bonds. The first-order chi connectivity index (χ1) is 18.0. The fraction of sp³-hybridized carbons (Fsp3) is 0.774. The first kappa shape index (κ1) is 28.2. The average Bonchev–Trinajstić information content (AvgIpc) is 3.22. The molecular weight excluding hydrogens is 507 g/mol. The van der Waals surface area contributed by atoms with Gasteiger partial charge in [-0.15, -0.1) is 0 Å². The normalized spacial score (nSPS) is 37.6. The predicted molar refractivity (Wildman–Crippen MR) is 146 cm³/mol. The van der Waals surface area contributed by atoms with Crippen molar-refractivity contribution in [3.63, 3.8) is 0 Å². The third-order valence-corrected chi connectivity index (χ3v) is 12.7. The fourth-order valence-corrected chi connectivity index (χ4v) is 10.4. The van der Waals surface area contributed by atoms with E-state index in [1.165, 1.54) is 64.2 Å². The van der Waals surface area contributed by atoms with Gasteiger partial charge in [0.15, 0.2) is 0 Å². The van der Waals surface area contributed by atoms with Crippen LogP contribution in [0.2, 0.25) is 0 Å². The van der Waals surface area contributed by atoms with Crippen molar-refractivity contribution < 1.29 is 22.2 Å². The summed E-state index contributed by atoms with van der Waals surface area (Å²) < 4.78 is 53.1. The Kier molecular flexibility index (Phi) is 8.08. The molecule has 0 aliphatic heterocycles. The third kappa shape index (κ3) is 5.34. The average molecular weight is 552 g/mol. The zero-order chi connectivity index (χ0) is 27.1. The minimum Gasteiger partial charge on any atom is -0.271 e. The van der Waals surface area contributed by atoms with Gasteiger partial charge in [-0.3, -0.25) is 9.52 Å². The molecule has 4 fully saturated rings. The SMILES string of the molecule is CC12CCCCC1CCC1C2CCC2(C)C(CCCCS(=O)NC(=O)c3ccc(C(F)(F)F)cc3)CCC12. The van der Waals surface area contributed by atoms with E-state index in [2.05, 4.69) is 18.6 Å². The summed E-state index contributed by atoms with van der Waals surface area (Å²) in [7, 11) is -1.53. The molecule has 1 N–H and O–H groups in total. The molecule has 8 atom stereocenters. The van der Waals surface area contributed by atoms with Gasteiger partial charge in [0.1, 0.15) is 11.0 Å². The van der Waals surface area contributed by atoms with E-state index in [1.54, 1.807) is 0 Å². The van der Waals surface area contributed by atoms with Crippen LogP contribution < -0.4 is 4.72 Å². The minimum absolute atomic E-state index is 0.0861. The van der Waals surface area contributed by atoms with E-state index in [0.29, 0.717) is 16.6 Å². The van der Waals surface area contributed by atoms with Crippen molar-refractivity contribution in [1.82, 2.24) is 4.72 Å². The Morgan fingerprint density at radius 2 is 1.66 bits per heavy atom. The number of carbonyl (C=O) groups is 1. The van der Waals surface area contributed by atoms with Crippen LogP contribution in [0.1, 0.15) is 113 Å². The van der Waals surface area contributed by atoms with Crippen LogP contribution in [0, 0.1) is 40.4 Å². The summed E-state index contributed by atoms with van der Waals surface area (Å²) >= 11 is 0. The Labute approximate surface area is 228 Å². The number of halogens is 3. The van der Waals surface area contributed by atoms with Gasteiger partial charge in [0.05, 0.1) is 5.56 Å². The van der Waals surface area contributed by atoms with Gasteiger partial charge in [-0.1, -0.05) is 33.1 Å². The molecule has 38 heavy (non-hydrogen) atoms. The Balaban J connectivity index is 1.08. The van der Waals surface area contributed by atoms with E-state index >= 15 is 0 Å². The van der Waals surface area contributed by atoms with Crippen LogP contribution in [0.15, 0.2) is 24.3 Å². The second-order valence-electron chi connectivity index (χ2n) is 13.3. The summed E-state index contributed by atoms with van der Waals surface area (Å²) in [5.74, 6) is 4.17. The number of fused-ring (bicyclic) bond motifs is 5. The zero-order valence-electron chi connectivity index (χ0n) is 23.0. The molecule has 4 saturated carbocycles. The van der Waals surface area contributed by atoms with Crippen molar-refractivity contribution in [3.8, 4) is 0 Å². The lowest BCUT2D eigenvalue weighted by molar-refractivity contribution is -0.137. The Morgan fingerprint density at radius 1 is 0.921 bits per heavy atom. The molecule has 1 aromatic rings. The molecule has 0 heterocycles. The maximum atomic E-state index is 12.7.